The molecule has 16 heavy (non-hydrogen) atoms. The van der Waals surface area contributed by atoms with Crippen LogP contribution in [0.25, 0.3) is 0 Å². The molecule has 0 aromatic heterocycles. The zero-order valence-electron chi connectivity index (χ0n) is 11.3. The van der Waals surface area contributed by atoms with Crippen LogP contribution in [0, 0.1) is 0 Å². The number of carbonyl (C=O) groups excluding carboxylic acids is 1. The zero-order valence-corrected chi connectivity index (χ0v) is 11.3. The second-order valence-corrected chi connectivity index (χ2v) is 6.19. The van der Waals surface area contributed by atoms with E-state index in [-0.39, 0.29) is 11.6 Å². The van der Waals surface area contributed by atoms with Crippen LogP contribution in [0.3, 0.4) is 0 Å². The van der Waals surface area contributed by atoms with E-state index in [1.807, 2.05) is 25.7 Å². The van der Waals surface area contributed by atoms with Gasteiger partial charge in [0.1, 0.15) is 5.60 Å². The lowest BCUT2D eigenvalue weighted by Crippen LogP contribution is -2.63. The first-order chi connectivity index (χ1) is 7.12. The zero-order chi connectivity index (χ0) is 12.6. The maximum atomic E-state index is 12.1. The second kappa shape index (κ2) is 4.24. The van der Waals surface area contributed by atoms with Gasteiger partial charge in [-0.2, -0.15) is 0 Å². The van der Waals surface area contributed by atoms with Crippen LogP contribution in [-0.2, 0) is 4.74 Å². The minimum Gasteiger partial charge on any atom is -0.444 e. The van der Waals surface area contributed by atoms with E-state index in [0.717, 1.165) is 6.54 Å². The second-order valence-electron chi connectivity index (χ2n) is 6.19. The molecule has 1 N–H and O–H groups in total. The maximum absolute atomic E-state index is 12.1. The normalized spacial score (nSPS) is 25.4. The van der Waals surface area contributed by atoms with Gasteiger partial charge in [-0.3, -0.25) is 0 Å². The van der Waals surface area contributed by atoms with E-state index in [0.29, 0.717) is 12.6 Å². The van der Waals surface area contributed by atoms with Crippen LogP contribution in [0.15, 0.2) is 0 Å². The molecule has 0 bridgehead atoms. The van der Waals surface area contributed by atoms with Crippen LogP contribution in [0.2, 0.25) is 0 Å². The van der Waals surface area contributed by atoms with Gasteiger partial charge in [-0.1, -0.05) is 0 Å². The number of nitrogens with one attached hydrogen (secondary N) is 1. The SMILES string of the molecule is C[C@@H]1CN(C(=O)OC(C)(C)C)C(C)(C)CN1. The van der Waals surface area contributed by atoms with Crippen LogP contribution in [0.1, 0.15) is 41.5 Å². The first-order valence-corrected chi connectivity index (χ1v) is 5.86. The summed E-state index contributed by atoms with van der Waals surface area (Å²) < 4.78 is 5.42. The number of ether oxygens (including phenoxy) is 1. The van der Waals surface area contributed by atoms with E-state index in [1.165, 1.54) is 0 Å². The molecule has 0 spiro atoms. The highest BCUT2D eigenvalue weighted by Gasteiger charge is 2.37. The average molecular weight is 228 g/mol. The fourth-order valence-corrected chi connectivity index (χ4v) is 1.74. The Bertz CT molecular complexity index is 269. The van der Waals surface area contributed by atoms with Gasteiger partial charge in [0.2, 0.25) is 0 Å². The molecular weight excluding hydrogens is 204 g/mol. The molecule has 1 aliphatic rings. The molecule has 0 saturated carbocycles. The van der Waals surface area contributed by atoms with Crippen molar-refractivity contribution in [2.45, 2.75) is 58.7 Å². The Morgan fingerprint density at radius 3 is 2.50 bits per heavy atom. The molecule has 94 valence electrons. The number of rotatable bonds is 0. The molecule has 0 unspecified atom stereocenters. The van der Waals surface area contributed by atoms with Gasteiger partial charge in [-0.25, -0.2) is 4.79 Å². The van der Waals surface area contributed by atoms with Crippen LogP contribution >= 0.6 is 0 Å². The fourth-order valence-electron chi connectivity index (χ4n) is 1.74. The van der Waals surface area contributed by atoms with E-state index >= 15 is 0 Å². The topological polar surface area (TPSA) is 41.6 Å². The summed E-state index contributed by atoms with van der Waals surface area (Å²) in [5.74, 6) is 0. The lowest BCUT2D eigenvalue weighted by Gasteiger charge is -2.45. The Morgan fingerprint density at radius 2 is 2.00 bits per heavy atom. The van der Waals surface area contributed by atoms with Crippen molar-refractivity contribution in [1.29, 1.82) is 0 Å². The molecule has 4 nitrogen and oxygen atoms in total. The Balaban J connectivity index is 2.72. The van der Waals surface area contributed by atoms with Crippen molar-refractivity contribution >= 4 is 6.09 Å². The monoisotopic (exact) mass is 228 g/mol. The Hall–Kier alpha value is -0.770. The van der Waals surface area contributed by atoms with Gasteiger partial charge in [-0.15, -0.1) is 0 Å². The summed E-state index contributed by atoms with van der Waals surface area (Å²) in [5, 5.41) is 3.37. The van der Waals surface area contributed by atoms with Gasteiger partial charge in [0.05, 0.1) is 5.54 Å². The first-order valence-electron chi connectivity index (χ1n) is 5.86. The molecule has 1 heterocycles. The summed E-state index contributed by atoms with van der Waals surface area (Å²) in [7, 11) is 0. The summed E-state index contributed by atoms with van der Waals surface area (Å²) >= 11 is 0. The van der Waals surface area contributed by atoms with Crippen molar-refractivity contribution in [3.63, 3.8) is 0 Å². The Kier molecular flexibility index (Phi) is 3.53. The third kappa shape index (κ3) is 3.37. The molecule has 1 aliphatic heterocycles. The fraction of sp³-hybridized carbons (Fsp3) is 0.917. The number of amides is 1. The number of hydrogen-bond acceptors (Lipinski definition) is 3. The van der Waals surface area contributed by atoms with E-state index < -0.39 is 5.60 Å². The van der Waals surface area contributed by atoms with Crippen molar-refractivity contribution in [2.24, 2.45) is 0 Å². The molecule has 4 heteroatoms. The van der Waals surface area contributed by atoms with Crippen molar-refractivity contribution in [3.8, 4) is 0 Å². The quantitative estimate of drug-likeness (QED) is 0.689. The molecule has 1 rings (SSSR count). The number of hydrogen-bond donors (Lipinski definition) is 1. The van der Waals surface area contributed by atoms with E-state index in [9.17, 15) is 4.79 Å². The highest BCUT2D eigenvalue weighted by atomic mass is 16.6. The molecule has 1 saturated heterocycles. The highest BCUT2D eigenvalue weighted by molar-refractivity contribution is 5.69. The molecule has 0 aromatic rings. The largest absolute Gasteiger partial charge is 0.444 e. The summed E-state index contributed by atoms with van der Waals surface area (Å²) in [6, 6.07) is 0.320. The van der Waals surface area contributed by atoms with Crippen LogP contribution < -0.4 is 5.32 Å². The summed E-state index contributed by atoms with van der Waals surface area (Å²) in [6.07, 6.45) is -0.217. The van der Waals surface area contributed by atoms with Crippen LogP contribution in [0.5, 0.6) is 0 Å². The molecule has 0 aromatic carbocycles. The number of nitrogens with zero attached hydrogens (tertiary/aromatic N) is 1. The minimum atomic E-state index is -0.429. The third-order valence-corrected chi connectivity index (χ3v) is 2.68. The van der Waals surface area contributed by atoms with Crippen molar-refractivity contribution in [2.75, 3.05) is 13.1 Å². The highest BCUT2D eigenvalue weighted by Crippen LogP contribution is 2.21. The molecular formula is C12H24N2O2. The molecule has 1 atom stereocenters. The standard InChI is InChI=1S/C12H24N2O2/c1-9-7-14(12(5,6)8-13-9)10(15)16-11(2,3)4/h9,13H,7-8H2,1-6H3/t9-/m1/s1. The Morgan fingerprint density at radius 1 is 1.44 bits per heavy atom. The van der Waals surface area contributed by atoms with Gasteiger partial charge in [0.15, 0.2) is 0 Å². The van der Waals surface area contributed by atoms with Crippen LogP contribution in [0.4, 0.5) is 4.79 Å². The van der Waals surface area contributed by atoms with Gasteiger partial charge in [0.25, 0.3) is 0 Å². The lowest BCUT2D eigenvalue weighted by atomic mass is 9.98. The first kappa shape index (κ1) is 13.3. The van der Waals surface area contributed by atoms with Gasteiger partial charge in [0, 0.05) is 19.1 Å². The summed E-state index contributed by atoms with van der Waals surface area (Å²) in [4.78, 5) is 13.9. The molecule has 1 amide bonds. The van der Waals surface area contributed by atoms with E-state index in [1.54, 1.807) is 0 Å². The van der Waals surface area contributed by atoms with Crippen LogP contribution in [-0.4, -0.2) is 41.3 Å². The third-order valence-electron chi connectivity index (χ3n) is 2.68. The summed E-state index contributed by atoms with van der Waals surface area (Å²) in [5.41, 5.74) is -0.615. The molecule has 0 radical (unpaired) electrons. The summed E-state index contributed by atoms with van der Waals surface area (Å²) in [6.45, 7) is 13.4. The minimum absolute atomic E-state index is 0.186. The maximum Gasteiger partial charge on any atom is 0.410 e. The smallest absolute Gasteiger partial charge is 0.410 e. The molecule has 1 fully saturated rings. The van der Waals surface area contributed by atoms with Crippen molar-refractivity contribution in [1.82, 2.24) is 10.2 Å². The predicted octanol–water partition coefficient (Wildman–Crippen LogP) is 1.99. The van der Waals surface area contributed by atoms with E-state index in [2.05, 4.69) is 26.1 Å². The Labute approximate surface area is 98.3 Å². The van der Waals surface area contributed by atoms with Gasteiger partial charge in [-0.05, 0) is 41.5 Å². The van der Waals surface area contributed by atoms with E-state index in [4.69, 9.17) is 4.74 Å². The van der Waals surface area contributed by atoms with Crippen molar-refractivity contribution in [3.05, 3.63) is 0 Å². The molecule has 0 aliphatic carbocycles. The predicted molar refractivity (Wildman–Crippen MR) is 64.5 cm³/mol. The average Bonchev–Trinajstić information content (AvgIpc) is 2.06. The number of piperazine rings is 1. The van der Waals surface area contributed by atoms with Crippen molar-refractivity contribution < 1.29 is 9.53 Å². The van der Waals surface area contributed by atoms with Gasteiger partial charge < -0.3 is 15.0 Å². The number of carbonyl (C=O) groups is 1. The lowest BCUT2D eigenvalue weighted by molar-refractivity contribution is -0.00798. The van der Waals surface area contributed by atoms with Gasteiger partial charge >= 0.3 is 6.09 Å².